The fourth-order valence-electron chi connectivity index (χ4n) is 4.05. The molecule has 0 unspecified atom stereocenters. The van der Waals surface area contributed by atoms with Crippen molar-refractivity contribution in [3.8, 4) is 0 Å². The Morgan fingerprint density at radius 1 is 1.19 bits per heavy atom. The lowest BCUT2D eigenvalue weighted by Gasteiger charge is -2.32. The second-order valence-corrected chi connectivity index (χ2v) is 9.64. The monoisotopic (exact) mass is 457 g/mol. The molecule has 0 saturated carbocycles. The van der Waals surface area contributed by atoms with Crippen LogP contribution in [0, 0.1) is 5.92 Å². The van der Waals surface area contributed by atoms with Crippen molar-refractivity contribution in [2.45, 2.75) is 45.7 Å². The van der Waals surface area contributed by atoms with Crippen molar-refractivity contribution < 1.29 is 9.59 Å². The molecule has 5 nitrogen and oxygen atoms in total. The molecule has 2 aromatic heterocycles. The van der Waals surface area contributed by atoms with Gasteiger partial charge in [0.15, 0.2) is 0 Å². The minimum Gasteiger partial charge on any atom is -0.353 e. The number of thiophene rings is 1. The largest absolute Gasteiger partial charge is 0.353 e. The normalized spacial score (nSPS) is 15.9. The van der Waals surface area contributed by atoms with E-state index in [9.17, 15) is 9.59 Å². The quantitative estimate of drug-likeness (QED) is 0.555. The molecule has 1 atom stereocenters. The van der Waals surface area contributed by atoms with Crippen LogP contribution in [0.4, 0.5) is 0 Å². The molecule has 0 bridgehead atoms. The number of aromatic nitrogens is 1. The van der Waals surface area contributed by atoms with Crippen LogP contribution in [0.3, 0.4) is 0 Å². The van der Waals surface area contributed by atoms with Crippen molar-refractivity contribution in [1.29, 1.82) is 0 Å². The SMILES string of the molecule is CC[C@@H](C)NC(=O)C1CCN(C(=O)c2cc3ccsc3n2Cc2ccc(Cl)cc2)CC1. The lowest BCUT2D eigenvalue weighted by molar-refractivity contribution is -0.126. The first-order valence-electron chi connectivity index (χ1n) is 10.9. The van der Waals surface area contributed by atoms with E-state index >= 15 is 0 Å². The molecule has 1 N–H and O–H groups in total. The van der Waals surface area contributed by atoms with Crippen molar-refractivity contribution in [3.05, 3.63) is 58.1 Å². The van der Waals surface area contributed by atoms with Crippen LogP contribution >= 0.6 is 22.9 Å². The van der Waals surface area contributed by atoms with Gasteiger partial charge >= 0.3 is 0 Å². The van der Waals surface area contributed by atoms with Crippen LogP contribution in [-0.2, 0) is 11.3 Å². The molecule has 1 saturated heterocycles. The Morgan fingerprint density at radius 3 is 2.58 bits per heavy atom. The van der Waals surface area contributed by atoms with Crippen molar-refractivity contribution in [3.63, 3.8) is 0 Å². The van der Waals surface area contributed by atoms with Crippen molar-refractivity contribution in [2.24, 2.45) is 5.92 Å². The number of fused-ring (bicyclic) bond motifs is 1. The third-order valence-electron chi connectivity index (χ3n) is 6.13. The fourth-order valence-corrected chi connectivity index (χ4v) is 5.07. The lowest BCUT2D eigenvalue weighted by atomic mass is 9.95. The number of rotatable bonds is 6. The third kappa shape index (κ3) is 4.80. The minimum atomic E-state index is -0.0117. The second kappa shape index (κ2) is 9.45. The molecule has 164 valence electrons. The number of hydrogen-bond donors (Lipinski definition) is 1. The Morgan fingerprint density at radius 2 is 1.90 bits per heavy atom. The summed E-state index contributed by atoms with van der Waals surface area (Å²) in [5.41, 5.74) is 1.81. The highest BCUT2D eigenvalue weighted by Crippen LogP contribution is 2.28. The molecule has 1 aliphatic rings. The zero-order valence-electron chi connectivity index (χ0n) is 17.9. The number of hydrogen-bond acceptors (Lipinski definition) is 3. The first kappa shape index (κ1) is 21.9. The summed E-state index contributed by atoms with van der Waals surface area (Å²) in [6, 6.07) is 12.0. The molecule has 1 aliphatic heterocycles. The van der Waals surface area contributed by atoms with Gasteiger partial charge in [0, 0.05) is 42.0 Å². The summed E-state index contributed by atoms with van der Waals surface area (Å²) in [5, 5.41) is 6.92. The lowest BCUT2D eigenvalue weighted by Crippen LogP contribution is -2.45. The van der Waals surface area contributed by atoms with Gasteiger partial charge in [-0.05, 0) is 61.4 Å². The molecule has 0 spiro atoms. The zero-order chi connectivity index (χ0) is 22.0. The van der Waals surface area contributed by atoms with E-state index in [4.69, 9.17) is 11.6 Å². The molecule has 1 fully saturated rings. The maximum Gasteiger partial charge on any atom is 0.270 e. The van der Waals surface area contributed by atoms with Gasteiger partial charge in [0.1, 0.15) is 10.5 Å². The van der Waals surface area contributed by atoms with Crippen molar-refractivity contribution in [1.82, 2.24) is 14.8 Å². The van der Waals surface area contributed by atoms with Crippen molar-refractivity contribution >= 4 is 45.0 Å². The Hall–Kier alpha value is -2.31. The van der Waals surface area contributed by atoms with E-state index in [2.05, 4.69) is 28.3 Å². The molecular formula is C24H28ClN3O2S. The van der Waals surface area contributed by atoms with Crippen LogP contribution in [0.1, 0.15) is 49.2 Å². The maximum atomic E-state index is 13.4. The summed E-state index contributed by atoms with van der Waals surface area (Å²) >= 11 is 7.68. The topological polar surface area (TPSA) is 54.3 Å². The minimum absolute atomic E-state index is 0.0117. The van der Waals surface area contributed by atoms with Crippen LogP contribution < -0.4 is 5.32 Å². The van der Waals surface area contributed by atoms with E-state index < -0.39 is 0 Å². The van der Waals surface area contributed by atoms with Gasteiger partial charge in [0.25, 0.3) is 5.91 Å². The number of nitrogens with one attached hydrogen (secondary N) is 1. The van der Waals surface area contributed by atoms with E-state index in [-0.39, 0.29) is 23.8 Å². The zero-order valence-corrected chi connectivity index (χ0v) is 19.5. The molecule has 31 heavy (non-hydrogen) atoms. The Labute approximate surface area is 192 Å². The Balaban J connectivity index is 1.49. The summed E-state index contributed by atoms with van der Waals surface area (Å²) in [7, 11) is 0. The summed E-state index contributed by atoms with van der Waals surface area (Å²) in [5.74, 6) is 0.147. The second-order valence-electron chi connectivity index (χ2n) is 8.31. The van der Waals surface area contributed by atoms with Gasteiger partial charge in [0.2, 0.25) is 5.91 Å². The highest BCUT2D eigenvalue weighted by molar-refractivity contribution is 7.16. The van der Waals surface area contributed by atoms with Crippen LogP contribution in [-0.4, -0.2) is 40.4 Å². The third-order valence-corrected chi connectivity index (χ3v) is 7.33. The van der Waals surface area contributed by atoms with Gasteiger partial charge in [-0.3, -0.25) is 9.59 Å². The molecule has 4 rings (SSSR count). The van der Waals surface area contributed by atoms with E-state index in [1.165, 1.54) is 0 Å². The van der Waals surface area contributed by atoms with Crippen molar-refractivity contribution in [2.75, 3.05) is 13.1 Å². The summed E-state index contributed by atoms with van der Waals surface area (Å²) in [6.07, 6.45) is 2.34. The summed E-state index contributed by atoms with van der Waals surface area (Å²) < 4.78 is 2.10. The first-order valence-corrected chi connectivity index (χ1v) is 12.1. The molecule has 3 heterocycles. The molecule has 7 heteroatoms. The molecular weight excluding hydrogens is 430 g/mol. The maximum absolute atomic E-state index is 13.4. The van der Waals surface area contributed by atoms with E-state index in [0.717, 1.165) is 22.2 Å². The number of amides is 2. The van der Waals surface area contributed by atoms with Gasteiger partial charge in [-0.1, -0.05) is 30.7 Å². The molecule has 0 radical (unpaired) electrons. The first-order chi connectivity index (χ1) is 15.0. The number of benzene rings is 1. The van der Waals surface area contributed by atoms with Crippen LogP contribution in [0.2, 0.25) is 5.02 Å². The molecule has 1 aromatic carbocycles. The van der Waals surface area contributed by atoms with Gasteiger partial charge < -0.3 is 14.8 Å². The number of halogens is 1. The van der Waals surface area contributed by atoms with Gasteiger partial charge in [-0.25, -0.2) is 0 Å². The predicted octanol–water partition coefficient (Wildman–Crippen LogP) is 5.17. The Bertz CT molecular complexity index is 1060. The number of likely N-dealkylation sites (tertiary alicyclic amines) is 1. The van der Waals surface area contributed by atoms with E-state index in [1.54, 1.807) is 11.3 Å². The van der Waals surface area contributed by atoms with E-state index in [0.29, 0.717) is 43.2 Å². The predicted molar refractivity (Wildman–Crippen MR) is 127 cm³/mol. The standard InChI is InChI=1S/C24H28ClN3O2S/c1-3-16(2)26-22(29)18-8-11-27(12-9-18)23(30)21-14-19-10-13-31-24(19)28(21)15-17-4-6-20(25)7-5-17/h4-7,10,13-14,16,18H,3,8-9,11-12,15H2,1-2H3,(H,26,29)/t16-/m1/s1. The number of carbonyl (C=O) groups excluding carboxylic acids is 2. The molecule has 3 aromatic rings. The number of piperidine rings is 1. The molecule has 0 aliphatic carbocycles. The fraction of sp³-hybridized carbons (Fsp3) is 0.417. The summed E-state index contributed by atoms with van der Waals surface area (Å²) in [4.78, 5) is 28.9. The Kier molecular flexibility index (Phi) is 6.68. The number of nitrogens with zero attached hydrogens (tertiary/aromatic N) is 2. The average molecular weight is 458 g/mol. The van der Waals surface area contributed by atoms with E-state index in [1.807, 2.05) is 42.2 Å². The van der Waals surface area contributed by atoms with Crippen LogP contribution in [0.25, 0.3) is 10.2 Å². The highest BCUT2D eigenvalue weighted by Gasteiger charge is 2.30. The molecule has 2 amide bonds. The smallest absolute Gasteiger partial charge is 0.270 e. The van der Waals surface area contributed by atoms with Crippen LogP contribution in [0.5, 0.6) is 0 Å². The van der Waals surface area contributed by atoms with Gasteiger partial charge in [0.05, 0.1) is 0 Å². The van der Waals surface area contributed by atoms with Crippen LogP contribution in [0.15, 0.2) is 41.8 Å². The number of carbonyl (C=O) groups is 2. The average Bonchev–Trinajstić information content (AvgIpc) is 3.37. The van der Waals surface area contributed by atoms with Gasteiger partial charge in [-0.2, -0.15) is 0 Å². The van der Waals surface area contributed by atoms with Gasteiger partial charge in [-0.15, -0.1) is 11.3 Å². The summed E-state index contributed by atoms with van der Waals surface area (Å²) in [6.45, 7) is 5.93. The highest BCUT2D eigenvalue weighted by atomic mass is 35.5.